The van der Waals surface area contributed by atoms with Crippen LogP contribution in [0.1, 0.15) is 51.9 Å². The van der Waals surface area contributed by atoms with Crippen LogP contribution in [-0.4, -0.2) is 47.8 Å². The summed E-state index contributed by atoms with van der Waals surface area (Å²) >= 11 is 6.51. The van der Waals surface area contributed by atoms with Gasteiger partial charge in [-0.3, -0.25) is 4.98 Å². The van der Waals surface area contributed by atoms with Crippen molar-refractivity contribution in [3.63, 3.8) is 0 Å². The number of ether oxygens (including phenoxy) is 1. The van der Waals surface area contributed by atoms with Gasteiger partial charge in [-0.1, -0.05) is 24.9 Å². The highest BCUT2D eigenvalue weighted by Gasteiger charge is 2.21. The first-order valence-corrected chi connectivity index (χ1v) is 12.0. The van der Waals surface area contributed by atoms with Crippen LogP contribution < -0.4 is 10.2 Å². The van der Waals surface area contributed by atoms with E-state index >= 15 is 0 Å². The Balaban J connectivity index is 1.46. The molecule has 1 aliphatic heterocycles. The summed E-state index contributed by atoms with van der Waals surface area (Å²) in [7, 11) is 2.08. The average Bonchev–Trinajstić information content (AvgIpc) is 2.81. The molecule has 0 amide bonds. The van der Waals surface area contributed by atoms with Crippen molar-refractivity contribution in [1.82, 2.24) is 15.0 Å². The lowest BCUT2D eigenvalue weighted by molar-refractivity contribution is 0.0685. The van der Waals surface area contributed by atoms with Gasteiger partial charge in [0.25, 0.3) is 0 Å². The van der Waals surface area contributed by atoms with Gasteiger partial charge in [0.2, 0.25) is 0 Å². The fourth-order valence-electron chi connectivity index (χ4n) is 4.72. The number of hydrogen-bond donors (Lipinski definition) is 1. The van der Waals surface area contributed by atoms with Gasteiger partial charge in [0.05, 0.1) is 23.1 Å². The summed E-state index contributed by atoms with van der Waals surface area (Å²) in [5.74, 6) is 3.24. The topological polar surface area (TPSA) is 63.2 Å². The van der Waals surface area contributed by atoms with E-state index in [1.807, 2.05) is 12.3 Å². The van der Waals surface area contributed by atoms with Crippen molar-refractivity contribution >= 4 is 23.2 Å². The second-order valence-electron chi connectivity index (χ2n) is 9.02. The van der Waals surface area contributed by atoms with Crippen LogP contribution in [0.2, 0.25) is 5.02 Å². The van der Waals surface area contributed by atoms with E-state index < -0.39 is 0 Å². The molecule has 0 radical (unpaired) electrons. The van der Waals surface area contributed by atoms with Gasteiger partial charge in [-0.25, -0.2) is 9.97 Å². The van der Waals surface area contributed by atoms with Crippen molar-refractivity contribution in [2.24, 2.45) is 11.8 Å². The van der Waals surface area contributed by atoms with Gasteiger partial charge in [-0.15, -0.1) is 0 Å². The van der Waals surface area contributed by atoms with E-state index in [2.05, 4.69) is 34.2 Å². The molecule has 2 aromatic heterocycles. The molecular formula is C24H34ClN5O. The minimum Gasteiger partial charge on any atom is -0.381 e. The SMILES string of the molecule is CCC1CCC(Nc2cc(-c3cncc(N(C)CC4CCOCC4)n3)c(Cl)cn2)CC1. The number of pyridine rings is 1. The lowest BCUT2D eigenvalue weighted by atomic mass is 9.84. The molecule has 0 bridgehead atoms. The summed E-state index contributed by atoms with van der Waals surface area (Å²) in [5, 5.41) is 4.21. The number of aromatic nitrogens is 3. The fraction of sp³-hybridized carbons (Fsp3) is 0.625. The van der Waals surface area contributed by atoms with E-state index in [0.29, 0.717) is 17.0 Å². The van der Waals surface area contributed by atoms with E-state index in [9.17, 15) is 0 Å². The first-order valence-electron chi connectivity index (χ1n) is 11.7. The summed E-state index contributed by atoms with van der Waals surface area (Å²) < 4.78 is 5.48. The number of rotatable bonds is 7. The summed E-state index contributed by atoms with van der Waals surface area (Å²) in [6.45, 7) is 4.96. The highest BCUT2D eigenvalue weighted by atomic mass is 35.5. The molecule has 2 fully saturated rings. The Labute approximate surface area is 190 Å². The monoisotopic (exact) mass is 443 g/mol. The van der Waals surface area contributed by atoms with Gasteiger partial charge in [-0.05, 0) is 56.4 Å². The van der Waals surface area contributed by atoms with Crippen molar-refractivity contribution < 1.29 is 4.74 Å². The molecule has 1 saturated heterocycles. The second kappa shape index (κ2) is 10.6. The molecule has 1 saturated carbocycles. The zero-order chi connectivity index (χ0) is 21.6. The Morgan fingerprint density at radius 2 is 1.84 bits per heavy atom. The third kappa shape index (κ3) is 5.86. The van der Waals surface area contributed by atoms with Gasteiger partial charge in [-0.2, -0.15) is 0 Å². The quantitative estimate of drug-likeness (QED) is 0.615. The zero-order valence-corrected chi connectivity index (χ0v) is 19.4. The Morgan fingerprint density at radius 1 is 1.06 bits per heavy atom. The smallest absolute Gasteiger partial charge is 0.147 e. The molecule has 1 aliphatic carbocycles. The van der Waals surface area contributed by atoms with Crippen LogP contribution in [-0.2, 0) is 4.74 Å². The number of hydrogen-bond acceptors (Lipinski definition) is 6. The molecule has 0 aromatic carbocycles. The van der Waals surface area contributed by atoms with E-state index in [1.54, 1.807) is 12.4 Å². The second-order valence-corrected chi connectivity index (χ2v) is 9.43. The molecule has 31 heavy (non-hydrogen) atoms. The van der Waals surface area contributed by atoms with Crippen molar-refractivity contribution in [2.45, 2.75) is 57.9 Å². The molecule has 1 N–H and O–H groups in total. The van der Waals surface area contributed by atoms with Gasteiger partial charge in [0, 0.05) is 44.6 Å². The zero-order valence-electron chi connectivity index (χ0n) is 18.7. The lowest BCUT2D eigenvalue weighted by Crippen LogP contribution is -2.30. The number of nitrogens with zero attached hydrogens (tertiary/aromatic N) is 4. The summed E-state index contributed by atoms with van der Waals surface area (Å²) in [4.78, 5) is 16.0. The molecule has 0 atom stereocenters. The van der Waals surface area contributed by atoms with Gasteiger partial charge >= 0.3 is 0 Å². The molecule has 0 spiro atoms. The van der Waals surface area contributed by atoms with Crippen LogP contribution in [0.3, 0.4) is 0 Å². The summed E-state index contributed by atoms with van der Waals surface area (Å²) in [5.41, 5.74) is 1.65. The largest absolute Gasteiger partial charge is 0.381 e. The third-order valence-corrected chi connectivity index (χ3v) is 7.09. The maximum Gasteiger partial charge on any atom is 0.147 e. The molecule has 4 rings (SSSR count). The number of anilines is 2. The summed E-state index contributed by atoms with van der Waals surface area (Å²) in [6, 6.07) is 2.49. The highest BCUT2D eigenvalue weighted by Crippen LogP contribution is 2.32. The fourth-order valence-corrected chi connectivity index (χ4v) is 4.92. The van der Waals surface area contributed by atoms with Crippen LogP contribution in [0.5, 0.6) is 0 Å². The molecule has 7 heteroatoms. The van der Waals surface area contributed by atoms with Gasteiger partial charge in [0.15, 0.2) is 0 Å². The third-order valence-electron chi connectivity index (χ3n) is 6.79. The predicted octanol–water partition coefficient (Wildman–Crippen LogP) is 5.44. The van der Waals surface area contributed by atoms with Crippen LogP contribution in [0.15, 0.2) is 24.7 Å². The Kier molecular flexibility index (Phi) is 7.62. The number of nitrogens with one attached hydrogen (secondary N) is 1. The minimum absolute atomic E-state index is 0.479. The number of halogens is 1. The van der Waals surface area contributed by atoms with Crippen LogP contribution in [0, 0.1) is 11.8 Å². The molecule has 168 valence electrons. The van der Waals surface area contributed by atoms with Gasteiger partial charge < -0.3 is 15.0 Å². The normalized spacial score (nSPS) is 22.3. The van der Waals surface area contributed by atoms with Gasteiger partial charge in [0.1, 0.15) is 11.6 Å². The molecule has 2 aliphatic rings. The lowest BCUT2D eigenvalue weighted by Gasteiger charge is -2.29. The average molecular weight is 444 g/mol. The Bertz CT molecular complexity index is 850. The van der Waals surface area contributed by atoms with Crippen molar-refractivity contribution in [3.8, 4) is 11.3 Å². The first kappa shape index (κ1) is 22.3. The first-order chi connectivity index (χ1) is 15.1. The highest BCUT2D eigenvalue weighted by molar-refractivity contribution is 6.33. The molecular weight excluding hydrogens is 410 g/mol. The van der Waals surface area contributed by atoms with E-state index in [4.69, 9.17) is 21.3 Å². The molecule has 3 heterocycles. The maximum absolute atomic E-state index is 6.51. The van der Waals surface area contributed by atoms with Crippen LogP contribution >= 0.6 is 11.6 Å². The van der Waals surface area contributed by atoms with E-state index in [-0.39, 0.29) is 0 Å². The molecule has 0 unspecified atom stereocenters. The van der Waals surface area contributed by atoms with Crippen molar-refractivity contribution in [3.05, 3.63) is 29.7 Å². The van der Waals surface area contributed by atoms with Crippen molar-refractivity contribution in [1.29, 1.82) is 0 Å². The van der Waals surface area contributed by atoms with E-state index in [0.717, 1.165) is 61.4 Å². The minimum atomic E-state index is 0.479. The van der Waals surface area contributed by atoms with E-state index in [1.165, 1.54) is 32.1 Å². The summed E-state index contributed by atoms with van der Waals surface area (Å²) in [6.07, 6.45) is 13.8. The molecule has 2 aromatic rings. The Morgan fingerprint density at radius 3 is 2.58 bits per heavy atom. The van der Waals surface area contributed by atoms with Crippen molar-refractivity contribution in [2.75, 3.05) is 37.0 Å². The standard InChI is InChI=1S/C24H34ClN5O/c1-3-17-4-6-19(7-5-17)28-23-12-20(21(25)13-27-23)22-14-26-15-24(29-22)30(2)16-18-8-10-31-11-9-18/h12-15,17-19H,3-11,16H2,1-2H3,(H,27,28). The predicted molar refractivity (Wildman–Crippen MR) is 127 cm³/mol. The molecule has 6 nitrogen and oxygen atoms in total. The maximum atomic E-state index is 6.51. The van der Waals surface area contributed by atoms with Crippen LogP contribution in [0.4, 0.5) is 11.6 Å². The van der Waals surface area contributed by atoms with Crippen LogP contribution in [0.25, 0.3) is 11.3 Å². The Hall–Kier alpha value is -1.92.